The average Bonchev–Trinajstić information content (AvgIpc) is 3.03. The summed E-state index contributed by atoms with van der Waals surface area (Å²) in [5, 5.41) is 2.96. The zero-order chi connectivity index (χ0) is 19.7. The predicted octanol–water partition coefficient (Wildman–Crippen LogP) is 1.20. The molecule has 0 saturated carbocycles. The number of nitrogens with one attached hydrogen (secondary N) is 2. The average molecular weight is 383 g/mol. The molecule has 4 rings (SSSR count). The van der Waals surface area contributed by atoms with Crippen LogP contribution in [0.5, 0.6) is 5.88 Å². The molecule has 0 fully saturated rings. The van der Waals surface area contributed by atoms with E-state index in [4.69, 9.17) is 4.74 Å². The van der Waals surface area contributed by atoms with E-state index in [0.29, 0.717) is 22.7 Å². The van der Waals surface area contributed by atoms with E-state index in [2.05, 4.69) is 40.2 Å². The van der Waals surface area contributed by atoms with E-state index in [1.807, 2.05) is 0 Å². The number of anilines is 2. The molecule has 0 bridgehead atoms. The summed E-state index contributed by atoms with van der Waals surface area (Å²) >= 11 is 0. The van der Waals surface area contributed by atoms with E-state index >= 15 is 0 Å². The first-order valence-corrected chi connectivity index (χ1v) is 8.12. The fourth-order valence-corrected chi connectivity index (χ4v) is 2.68. The van der Waals surface area contributed by atoms with Crippen molar-refractivity contribution in [3.8, 4) is 5.88 Å². The Labute approximate surface area is 156 Å². The number of nitrogens with zero attached hydrogens (tertiary/aromatic N) is 7. The van der Waals surface area contributed by atoms with Crippen LogP contribution in [0.4, 0.5) is 16.0 Å². The van der Waals surface area contributed by atoms with E-state index in [9.17, 15) is 9.18 Å². The fourth-order valence-electron chi connectivity index (χ4n) is 2.68. The van der Waals surface area contributed by atoms with Gasteiger partial charge < -0.3 is 15.0 Å². The molecule has 11 nitrogen and oxygen atoms in total. The Balaban J connectivity index is 1.76. The zero-order valence-electron chi connectivity index (χ0n) is 14.8. The lowest BCUT2D eigenvalue weighted by Crippen LogP contribution is -2.23. The molecule has 0 aliphatic carbocycles. The van der Waals surface area contributed by atoms with Gasteiger partial charge in [-0.2, -0.15) is 9.97 Å². The van der Waals surface area contributed by atoms with Gasteiger partial charge in [0, 0.05) is 0 Å². The molecule has 0 unspecified atom stereocenters. The van der Waals surface area contributed by atoms with Gasteiger partial charge in [-0.25, -0.2) is 29.1 Å². The van der Waals surface area contributed by atoms with Crippen molar-refractivity contribution in [2.24, 2.45) is 0 Å². The molecule has 4 aromatic heterocycles. The van der Waals surface area contributed by atoms with Crippen LogP contribution in [0.3, 0.4) is 0 Å². The largest absolute Gasteiger partial charge is 0.479 e. The maximum Gasteiger partial charge on any atom is 0.328 e. The van der Waals surface area contributed by atoms with Gasteiger partial charge in [-0.05, 0) is 6.92 Å². The molecular formula is C16H14FN9O2. The first-order chi connectivity index (χ1) is 13.6. The maximum atomic E-state index is 13.1. The van der Waals surface area contributed by atoms with Crippen molar-refractivity contribution in [1.82, 2.24) is 39.5 Å². The molecule has 4 aromatic rings. The number of fused-ring (bicyclic) bond motifs is 1. The van der Waals surface area contributed by atoms with Crippen LogP contribution < -0.4 is 15.7 Å². The van der Waals surface area contributed by atoms with Gasteiger partial charge in [-0.15, -0.1) is 0 Å². The van der Waals surface area contributed by atoms with E-state index in [1.165, 1.54) is 30.4 Å². The molecule has 0 aromatic carbocycles. The molecule has 0 aliphatic rings. The van der Waals surface area contributed by atoms with E-state index in [-0.39, 0.29) is 11.8 Å². The van der Waals surface area contributed by atoms with Gasteiger partial charge in [-0.1, -0.05) is 0 Å². The summed E-state index contributed by atoms with van der Waals surface area (Å²) in [4.78, 5) is 39.5. The smallest absolute Gasteiger partial charge is 0.328 e. The molecule has 0 aliphatic heterocycles. The van der Waals surface area contributed by atoms with Crippen molar-refractivity contribution < 1.29 is 9.13 Å². The first kappa shape index (κ1) is 17.5. The topological polar surface area (TPSA) is 136 Å². The third-order valence-electron chi connectivity index (χ3n) is 3.97. The Morgan fingerprint density at radius 2 is 1.96 bits per heavy atom. The van der Waals surface area contributed by atoms with Crippen LogP contribution in [0.25, 0.3) is 11.2 Å². The molecule has 142 valence electrons. The second kappa shape index (κ2) is 6.98. The van der Waals surface area contributed by atoms with Crippen LogP contribution in [0.1, 0.15) is 18.8 Å². The molecule has 2 N–H and O–H groups in total. The van der Waals surface area contributed by atoms with Gasteiger partial charge in [0.2, 0.25) is 11.8 Å². The van der Waals surface area contributed by atoms with Crippen LogP contribution in [-0.2, 0) is 0 Å². The first-order valence-electron chi connectivity index (χ1n) is 8.12. The lowest BCUT2D eigenvalue weighted by molar-refractivity contribution is 0.399. The highest BCUT2D eigenvalue weighted by atomic mass is 19.1. The summed E-state index contributed by atoms with van der Waals surface area (Å²) in [6.45, 7) is 1.71. The standard InChI is InChI=1S/C16H14FN9O2/c1-8(12-19-3-9(17)4-20-12)26-13-10(24-16(26)27)6-21-15(25-13)23-11-5-18-7-22-14(11)28-2/h3-8H,1-2H3,(H,24,27)(H,21,23,25)/t8-/m1/s1. The lowest BCUT2D eigenvalue weighted by Gasteiger charge is -2.12. The summed E-state index contributed by atoms with van der Waals surface area (Å²) < 4.78 is 19.6. The van der Waals surface area contributed by atoms with Crippen LogP contribution in [0, 0.1) is 5.82 Å². The highest BCUT2D eigenvalue weighted by Crippen LogP contribution is 2.23. The molecule has 12 heteroatoms. The van der Waals surface area contributed by atoms with Crippen LogP contribution in [0.2, 0.25) is 0 Å². The van der Waals surface area contributed by atoms with Gasteiger partial charge in [0.15, 0.2) is 17.3 Å². The molecule has 0 radical (unpaired) electrons. The second-order valence-corrected chi connectivity index (χ2v) is 5.74. The minimum absolute atomic E-state index is 0.209. The number of ether oxygens (including phenoxy) is 1. The number of hydrogen-bond donors (Lipinski definition) is 2. The highest BCUT2D eigenvalue weighted by Gasteiger charge is 2.19. The van der Waals surface area contributed by atoms with Crippen molar-refractivity contribution in [1.29, 1.82) is 0 Å². The van der Waals surface area contributed by atoms with E-state index < -0.39 is 17.5 Å². The number of aromatic amines is 1. The van der Waals surface area contributed by atoms with Crippen LogP contribution in [0.15, 0.2) is 35.9 Å². The minimum Gasteiger partial charge on any atom is -0.479 e. The number of methoxy groups -OCH3 is 1. The molecule has 0 saturated heterocycles. The summed E-state index contributed by atoms with van der Waals surface area (Å²) in [6.07, 6.45) is 6.42. The highest BCUT2D eigenvalue weighted by molar-refractivity contribution is 5.72. The SMILES string of the molecule is COc1ncncc1Nc1ncc2[nH]c(=O)n([C@H](C)c3ncc(F)cn3)c2n1. The van der Waals surface area contributed by atoms with Crippen molar-refractivity contribution >= 4 is 22.8 Å². The Morgan fingerprint density at radius 1 is 1.18 bits per heavy atom. The monoisotopic (exact) mass is 383 g/mol. The van der Waals surface area contributed by atoms with Gasteiger partial charge >= 0.3 is 5.69 Å². The van der Waals surface area contributed by atoms with Gasteiger partial charge in [0.1, 0.15) is 17.5 Å². The summed E-state index contributed by atoms with van der Waals surface area (Å²) in [7, 11) is 1.48. The van der Waals surface area contributed by atoms with Crippen molar-refractivity contribution in [2.45, 2.75) is 13.0 Å². The third-order valence-corrected chi connectivity index (χ3v) is 3.97. The molecule has 28 heavy (non-hydrogen) atoms. The Morgan fingerprint density at radius 3 is 2.71 bits per heavy atom. The quantitative estimate of drug-likeness (QED) is 0.521. The number of imidazole rings is 1. The zero-order valence-corrected chi connectivity index (χ0v) is 14.8. The number of H-pyrrole nitrogens is 1. The Bertz CT molecular complexity index is 1190. The van der Waals surface area contributed by atoms with Gasteiger partial charge in [-0.3, -0.25) is 4.57 Å². The maximum absolute atomic E-state index is 13.1. The molecule has 4 heterocycles. The van der Waals surface area contributed by atoms with Gasteiger partial charge in [0.05, 0.1) is 37.9 Å². The summed E-state index contributed by atoms with van der Waals surface area (Å²) in [5.74, 6) is 0.240. The molecule has 0 amide bonds. The molecule has 1 atom stereocenters. The van der Waals surface area contributed by atoms with Crippen molar-refractivity contribution in [3.63, 3.8) is 0 Å². The fraction of sp³-hybridized carbons (Fsp3) is 0.188. The number of hydrogen-bond acceptors (Lipinski definition) is 9. The predicted molar refractivity (Wildman–Crippen MR) is 95.8 cm³/mol. The van der Waals surface area contributed by atoms with Gasteiger partial charge in [0.25, 0.3) is 0 Å². The molecular weight excluding hydrogens is 369 g/mol. The minimum atomic E-state index is -0.584. The lowest BCUT2D eigenvalue weighted by atomic mass is 10.3. The van der Waals surface area contributed by atoms with Crippen molar-refractivity contribution in [3.05, 3.63) is 53.2 Å². The van der Waals surface area contributed by atoms with Crippen molar-refractivity contribution in [2.75, 3.05) is 12.4 Å². The van der Waals surface area contributed by atoms with Crippen LogP contribution >= 0.6 is 0 Å². The van der Waals surface area contributed by atoms with E-state index in [0.717, 1.165) is 12.4 Å². The second-order valence-electron chi connectivity index (χ2n) is 5.74. The number of rotatable bonds is 5. The summed E-state index contributed by atoms with van der Waals surface area (Å²) in [6, 6.07) is -0.584. The third kappa shape index (κ3) is 3.11. The number of halogens is 1. The van der Waals surface area contributed by atoms with Crippen LogP contribution in [-0.4, -0.2) is 46.6 Å². The Kier molecular flexibility index (Phi) is 4.35. The summed E-state index contributed by atoms with van der Waals surface area (Å²) in [5.41, 5.74) is 0.811. The Hall–Kier alpha value is -3.96. The number of aromatic nitrogens is 8. The molecule has 0 spiro atoms. The normalized spacial score (nSPS) is 12.1. The van der Waals surface area contributed by atoms with E-state index in [1.54, 1.807) is 6.92 Å².